The summed E-state index contributed by atoms with van der Waals surface area (Å²) in [4.78, 5) is 25.7. The summed E-state index contributed by atoms with van der Waals surface area (Å²) in [6.07, 6.45) is 6.66. The van der Waals surface area contributed by atoms with Crippen LogP contribution in [-0.2, 0) is 6.61 Å². The maximum atomic E-state index is 12.7. The monoisotopic (exact) mass is 445 g/mol. The lowest BCUT2D eigenvalue weighted by molar-refractivity contribution is 0.104. The summed E-state index contributed by atoms with van der Waals surface area (Å²) in [5.74, 6) is 1.23. The molecule has 1 heterocycles. The molecule has 0 fully saturated rings. The van der Waals surface area contributed by atoms with Crippen LogP contribution in [0.3, 0.4) is 0 Å². The quantitative estimate of drug-likeness (QED) is 0.354. The number of hydrogen-bond donors (Lipinski definition) is 1. The van der Waals surface area contributed by atoms with Crippen LogP contribution in [0, 0.1) is 0 Å². The molecule has 0 radical (unpaired) electrons. The molecule has 33 heavy (non-hydrogen) atoms. The van der Waals surface area contributed by atoms with Crippen LogP contribution in [0.2, 0.25) is 0 Å². The van der Waals surface area contributed by atoms with Gasteiger partial charge in [0.15, 0.2) is 5.78 Å². The van der Waals surface area contributed by atoms with Gasteiger partial charge < -0.3 is 19.9 Å². The van der Waals surface area contributed by atoms with Crippen LogP contribution in [0.1, 0.15) is 15.9 Å². The van der Waals surface area contributed by atoms with E-state index in [1.165, 1.54) is 0 Å². The van der Waals surface area contributed by atoms with Crippen molar-refractivity contribution in [3.8, 4) is 17.0 Å². The molecule has 7 nitrogen and oxygen atoms in total. The number of anilines is 1. The van der Waals surface area contributed by atoms with Crippen LogP contribution in [0.5, 0.6) is 5.75 Å². The lowest BCUT2D eigenvalue weighted by Gasteiger charge is -2.14. The molecule has 0 bridgehead atoms. The van der Waals surface area contributed by atoms with Crippen molar-refractivity contribution in [3.63, 3.8) is 0 Å². The van der Waals surface area contributed by atoms with Crippen LogP contribution >= 0.6 is 0 Å². The molecule has 0 aliphatic rings. The minimum absolute atomic E-state index is 0.0900. The zero-order valence-corrected chi connectivity index (χ0v) is 19.7. The van der Waals surface area contributed by atoms with Gasteiger partial charge in [0.2, 0.25) is 0 Å². The van der Waals surface area contributed by atoms with E-state index in [9.17, 15) is 4.79 Å². The maximum Gasteiger partial charge on any atom is 0.187 e. The van der Waals surface area contributed by atoms with Gasteiger partial charge >= 0.3 is 0 Å². The molecule has 0 spiro atoms. The van der Waals surface area contributed by atoms with Crippen molar-refractivity contribution in [1.82, 2.24) is 19.8 Å². The Kier molecular flexibility index (Phi) is 8.55. The van der Waals surface area contributed by atoms with Crippen molar-refractivity contribution in [2.75, 3.05) is 46.6 Å². The van der Waals surface area contributed by atoms with Gasteiger partial charge in [-0.1, -0.05) is 30.3 Å². The van der Waals surface area contributed by atoms with E-state index in [-0.39, 0.29) is 5.78 Å². The molecule has 0 atom stereocenters. The van der Waals surface area contributed by atoms with Crippen molar-refractivity contribution in [2.45, 2.75) is 6.61 Å². The average molecular weight is 446 g/mol. The van der Waals surface area contributed by atoms with Crippen LogP contribution in [0.25, 0.3) is 11.3 Å². The molecule has 172 valence electrons. The third kappa shape index (κ3) is 7.43. The van der Waals surface area contributed by atoms with Crippen molar-refractivity contribution in [3.05, 3.63) is 84.3 Å². The molecule has 2 aromatic carbocycles. The highest BCUT2D eigenvalue weighted by Crippen LogP contribution is 2.31. The van der Waals surface area contributed by atoms with E-state index >= 15 is 0 Å². The number of carbonyl (C=O) groups is 1. The summed E-state index contributed by atoms with van der Waals surface area (Å²) in [7, 11) is 7.79. The number of benzene rings is 2. The summed E-state index contributed by atoms with van der Waals surface area (Å²) >= 11 is 0. The Bertz CT molecular complexity index is 1080. The molecule has 0 unspecified atom stereocenters. The van der Waals surface area contributed by atoms with Gasteiger partial charge in [0.05, 0.1) is 18.1 Å². The van der Waals surface area contributed by atoms with Crippen molar-refractivity contribution >= 4 is 11.6 Å². The van der Waals surface area contributed by atoms with Gasteiger partial charge in [-0.15, -0.1) is 0 Å². The van der Waals surface area contributed by atoms with E-state index < -0.39 is 0 Å². The first-order chi connectivity index (χ1) is 15.9. The summed E-state index contributed by atoms with van der Waals surface area (Å²) in [5.41, 5.74) is 2.98. The molecule has 0 aliphatic heterocycles. The van der Waals surface area contributed by atoms with Gasteiger partial charge in [-0.2, -0.15) is 0 Å². The second kappa shape index (κ2) is 11.8. The van der Waals surface area contributed by atoms with Gasteiger partial charge in [0.1, 0.15) is 18.2 Å². The summed E-state index contributed by atoms with van der Waals surface area (Å²) < 4.78 is 6.13. The molecule has 0 saturated heterocycles. The Labute approximate surface area is 195 Å². The number of rotatable bonds is 11. The van der Waals surface area contributed by atoms with E-state index in [1.807, 2.05) is 75.6 Å². The van der Waals surface area contributed by atoms with Crippen molar-refractivity contribution < 1.29 is 9.53 Å². The Morgan fingerprint density at radius 3 is 2.58 bits per heavy atom. The molecule has 0 saturated carbocycles. The van der Waals surface area contributed by atoms with Crippen molar-refractivity contribution in [2.24, 2.45) is 0 Å². The van der Waals surface area contributed by atoms with Gasteiger partial charge in [-0.05, 0) is 37.9 Å². The molecular weight excluding hydrogens is 414 g/mol. The predicted octanol–water partition coefficient (Wildman–Crippen LogP) is 3.95. The Hall–Kier alpha value is -3.71. The van der Waals surface area contributed by atoms with E-state index in [2.05, 4.69) is 15.2 Å². The Balaban J connectivity index is 1.91. The number of allylic oxidation sites excluding steroid dienone is 1. The van der Waals surface area contributed by atoms with Crippen LogP contribution in [0.4, 0.5) is 5.82 Å². The van der Waals surface area contributed by atoms with Gasteiger partial charge in [-0.25, -0.2) is 4.98 Å². The molecule has 0 aliphatic carbocycles. The number of ketones is 1. The third-order valence-electron chi connectivity index (χ3n) is 4.80. The largest absolute Gasteiger partial charge is 0.488 e. The number of aromatic nitrogens is 2. The molecule has 7 heteroatoms. The van der Waals surface area contributed by atoms with E-state index in [0.717, 1.165) is 24.2 Å². The second-order valence-corrected chi connectivity index (χ2v) is 8.15. The fourth-order valence-electron chi connectivity index (χ4n) is 3.05. The Morgan fingerprint density at radius 1 is 1.06 bits per heavy atom. The fourth-order valence-corrected chi connectivity index (χ4v) is 3.05. The van der Waals surface area contributed by atoms with E-state index in [4.69, 9.17) is 9.72 Å². The summed E-state index contributed by atoms with van der Waals surface area (Å²) in [6, 6.07) is 15.4. The summed E-state index contributed by atoms with van der Waals surface area (Å²) in [5, 5.41) is 3.29. The van der Waals surface area contributed by atoms with Crippen molar-refractivity contribution in [1.29, 1.82) is 0 Å². The number of ether oxygens (including phenoxy) is 1. The number of likely N-dealkylation sites (N-methyl/N-ethyl adjacent to an activating group) is 1. The number of nitrogens with one attached hydrogen (secondary N) is 1. The van der Waals surface area contributed by atoms with Crippen LogP contribution < -0.4 is 10.1 Å². The second-order valence-electron chi connectivity index (χ2n) is 8.15. The fraction of sp³-hybridized carbons (Fsp3) is 0.269. The minimum Gasteiger partial charge on any atom is -0.488 e. The smallest absolute Gasteiger partial charge is 0.187 e. The first-order valence-corrected chi connectivity index (χ1v) is 10.8. The Morgan fingerprint density at radius 2 is 1.85 bits per heavy atom. The molecule has 1 N–H and O–H groups in total. The first-order valence-electron chi connectivity index (χ1n) is 10.8. The van der Waals surface area contributed by atoms with Crippen LogP contribution in [0.15, 0.2) is 73.2 Å². The van der Waals surface area contributed by atoms with E-state index in [1.54, 1.807) is 30.7 Å². The molecule has 0 amide bonds. The normalized spacial score (nSPS) is 11.1. The maximum absolute atomic E-state index is 12.7. The summed E-state index contributed by atoms with van der Waals surface area (Å²) in [6.45, 7) is 2.03. The highest BCUT2D eigenvalue weighted by Gasteiger charge is 2.14. The topological polar surface area (TPSA) is 70.6 Å². The number of hydrogen-bond acceptors (Lipinski definition) is 7. The zero-order valence-electron chi connectivity index (χ0n) is 19.7. The third-order valence-corrected chi connectivity index (χ3v) is 4.80. The lowest BCUT2D eigenvalue weighted by Crippen LogP contribution is -2.21. The average Bonchev–Trinajstić information content (AvgIpc) is 2.81. The molecular formula is C26H31N5O2. The highest BCUT2D eigenvalue weighted by molar-refractivity contribution is 6.05. The van der Waals surface area contributed by atoms with E-state index in [0.29, 0.717) is 29.4 Å². The SMILES string of the molecule is CN(C)/C=C/C(=O)c1ccc(OCc2ccccc2)c(-c2cncc(NCCN(C)C)n2)c1. The highest BCUT2D eigenvalue weighted by atomic mass is 16.5. The first kappa shape index (κ1) is 23.9. The molecule has 3 rings (SSSR count). The van der Waals surface area contributed by atoms with Gasteiger partial charge in [-0.3, -0.25) is 9.78 Å². The predicted molar refractivity (Wildman–Crippen MR) is 132 cm³/mol. The number of nitrogens with zero attached hydrogens (tertiary/aromatic N) is 4. The van der Waals surface area contributed by atoms with Gasteiger partial charge in [0.25, 0.3) is 0 Å². The zero-order chi connectivity index (χ0) is 23.6. The van der Waals surface area contributed by atoms with Crippen LogP contribution in [-0.4, -0.2) is 66.8 Å². The standard InChI is InChI=1S/C26H31N5O2/c1-30(2)14-12-24(32)21-10-11-25(33-19-20-8-6-5-7-9-20)22(16-21)23-17-27-18-26(29-23)28-13-15-31(3)4/h5-12,14,16-18H,13,15,19H2,1-4H3,(H,28,29)/b14-12+. The number of carbonyl (C=O) groups excluding carboxylic acids is 1. The lowest BCUT2D eigenvalue weighted by atomic mass is 10.0. The molecule has 1 aromatic heterocycles. The van der Waals surface area contributed by atoms with Gasteiger partial charge in [0, 0.05) is 50.6 Å². The minimum atomic E-state index is -0.0900. The molecule has 3 aromatic rings.